The Labute approximate surface area is 158 Å². The number of benzene rings is 1. The Morgan fingerprint density at radius 1 is 1.30 bits per heavy atom. The van der Waals surface area contributed by atoms with Gasteiger partial charge in [0, 0.05) is 17.7 Å². The number of carbonyl (C=O) groups is 1. The van der Waals surface area contributed by atoms with E-state index in [1.165, 1.54) is 23.8 Å². The highest BCUT2D eigenvalue weighted by molar-refractivity contribution is 5.88. The molecule has 1 heterocycles. The Kier molecular flexibility index (Phi) is 4.90. The number of halogens is 3. The Morgan fingerprint density at radius 3 is 2.37 bits per heavy atom. The summed E-state index contributed by atoms with van der Waals surface area (Å²) in [6.07, 6.45) is -4.90. The van der Waals surface area contributed by atoms with Gasteiger partial charge in [-0.2, -0.15) is 13.2 Å². The van der Waals surface area contributed by atoms with Gasteiger partial charge in [-0.1, -0.05) is 39.0 Å². The number of rotatable bonds is 4. The van der Waals surface area contributed by atoms with E-state index in [1.807, 2.05) is 0 Å². The monoisotopic (exact) mass is 386 g/mol. The van der Waals surface area contributed by atoms with Gasteiger partial charge in [-0.15, -0.1) is 0 Å². The summed E-state index contributed by atoms with van der Waals surface area (Å²) in [5.41, 5.74) is -2.65. The first-order valence-electron chi connectivity index (χ1n) is 9.17. The van der Waals surface area contributed by atoms with E-state index in [0.29, 0.717) is 11.5 Å². The zero-order valence-corrected chi connectivity index (χ0v) is 15.7. The van der Waals surface area contributed by atoms with E-state index in [-0.39, 0.29) is 17.8 Å². The number of aliphatic hydroxyl groups is 1. The lowest BCUT2D eigenvalue weighted by Gasteiger charge is -2.23. The second kappa shape index (κ2) is 7.34. The fraction of sp³-hybridized carbons (Fsp3) is 0.474. The van der Waals surface area contributed by atoms with E-state index in [4.69, 9.17) is 7.48 Å². The maximum Gasteiger partial charge on any atom is 0.417 e. The van der Waals surface area contributed by atoms with Crippen LogP contribution in [0.15, 0.2) is 18.2 Å². The van der Waals surface area contributed by atoms with E-state index < -0.39 is 35.2 Å². The van der Waals surface area contributed by atoms with E-state index in [2.05, 4.69) is 4.98 Å². The van der Waals surface area contributed by atoms with Crippen LogP contribution in [-0.4, -0.2) is 27.7 Å². The summed E-state index contributed by atoms with van der Waals surface area (Å²) in [5, 5.41) is 9.62. The third-order valence-corrected chi connectivity index (χ3v) is 4.15. The fourth-order valence-corrected chi connectivity index (χ4v) is 2.92. The maximum absolute atomic E-state index is 13.8. The molecule has 1 N–H and O–H groups in total. The molecule has 0 bridgehead atoms. The molecule has 148 valence electrons. The normalized spacial score (nSPS) is 14.0. The van der Waals surface area contributed by atoms with Crippen LogP contribution in [0.3, 0.4) is 0 Å². The second-order valence-corrected chi connectivity index (χ2v) is 7.15. The van der Waals surface area contributed by atoms with Crippen molar-refractivity contribution in [2.45, 2.75) is 52.4 Å². The van der Waals surface area contributed by atoms with Crippen LogP contribution in [0.1, 0.15) is 62.2 Å². The van der Waals surface area contributed by atoms with Gasteiger partial charge in [-0.25, -0.2) is 9.78 Å². The summed E-state index contributed by atoms with van der Waals surface area (Å²) >= 11 is 0. The summed E-state index contributed by atoms with van der Waals surface area (Å²) in [4.78, 5) is 16.3. The number of aromatic nitrogens is 2. The third kappa shape index (κ3) is 4.16. The van der Waals surface area contributed by atoms with Gasteiger partial charge in [-0.3, -0.25) is 0 Å². The molecule has 5 nitrogen and oxygen atoms in total. The minimum atomic E-state index is -4.90. The molecule has 0 aliphatic carbocycles. The van der Waals surface area contributed by atoms with Gasteiger partial charge in [-0.05, 0) is 18.1 Å². The topological polar surface area (TPSA) is 64.3 Å². The van der Waals surface area contributed by atoms with Crippen molar-refractivity contribution in [3.63, 3.8) is 0 Å². The summed E-state index contributed by atoms with van der Waals surface area (Å²) < 4.78 is 62.3. The van der Waals surface area contributed by atoms with Gasteiger partial charge in [0.2, 0.25) is 0 Å². The molecule has 2 aromatic rings. The molecule has 0 fully saturated rings. The lowest BCUT2D eigenvalue weighted by molar-refractivity contribution is -0.139. The molecule has 1 aromatic heterocycles. The Morgan fingerprint density at radius 2 is 1.89 bits per heavy atom. The molecule has 0 amide bonds. The van der Waals surface area contributed by atoms with Crippen molar-refractivity contribution in [2.75, 3.05) is 7.11 Å². The summed E-state index contributed by atoms with van der Waals surface area (Å²) in [5.74, 6) is -0.329. The predicted molar refractivity (Wildman–Crippen MR) is 93.5 cm³/mol. The van der Waals surface area contributed by atoms with E-state index in [9.17, 15) is 23.1 Å². The quantitative estimate of drug-likeness (QED) is 0.811. The molecule has 0 saturated heterocycles. The summed E-state index contributed by atoms with van der Waals surface area (Å²) in [7, 11) is 1.19. The molecule has 27 heavy (non-hydrogen) atoms. The van der Waals surface area contributed by atoms with Gasteiger partial charge in [0.1, 0.15) is 5.82 Å². The number of ether oxygens (including phenoxy) is 1. The van der Waals surface area contributed by atoms with Crippen LogP contribution in [0.5, 0.6) is 0 Å². The zero-order valence-electron chi connectivity index (χ0n) is 17.7. The highest BCUT2D eigenvalue weighted by atomic mass is 19.4. The molecule has 0 atom stereocenters. The van der Waals surface area contributed by atoms with Crippen molar-refractivity contribution >= 4 is 5.97 Å². The van der Waals surface area contributed by atoms with Gasteiger partial charge in [0.05, 0.1) is 22.0 Å². The van der Waals surface area contributed by atoms with Crippen LogP contribution in [0.4, 0.5) is 13.2 Å². The van der Waals surface area contributed by atoms with Crippen LogP contribution in [0, 0.1) is 6.92 Å². The number of methoxy groups -OCH3 is 1. The van der Waals surface area contributed by atoms with Crippen LogP contribution in [0.25, 0.3) is 0 Å². The summed E-state index contributed by atoms with van der Waals surface area (Å²) in [6, 6.07) is 3.36. The average Bonchev–Trinajstić information content (AvgIpc) is 2.89. The molecular weight excluding hydrogens is 361 g/mol. The molecule has 0 saturated carbocycles. The van der Waals surface area contributed by atoms with Crippen molar-refractivity contribution in [1.29, 1.82) is 0 Å². The first kappa shape index (κ1) is 18.0. The van der Waals surface area contributed by atoms with Gasteiger partial charge in [0.25, 0.3) is 0 Å². The Balaban J connectivity index is 2.75. The largest absolute Gasteiger partial charge is 0.464 e. The van der Waals surface area contributed by atoms with Gasteiger partial charge < -0.3 is 14.4 Å². The van der Waals surface area contributed by atoms with Crippen LogP contribution in [-0.2, 0) is 29.4 Å². The molecule has 0 aliphatic rings. The third-order valence-electron chi connectivity index (χ3n) is 4.15. The molecule has 0 unspecified atom stereocenters. The van der Waals surface area contributed by atoms with Crippen molar-refractivity contribution in [2.24, 2.45) is 0 Å². The molecule has 1 aromatic carbocycles. The van der Waals surface area contributed by atoms with Crippen molar-refractivity contribution < 1.29 is 30.6 Å². The van der Waals surface area contributed by atoms with Gasteiger partial charge in [0.15, 0.2) is 5.69 Å². The zero-order chi connectivity index (χ0) is 22.4. The maximum atomic E-state index is 13.8. The van der Waals surface area contributed by atoms with E-state index in [0.717, 1.165) is 6.07 Å². The number of hydrogen-bond donors (Lipinski definition) is 1. The van der Waals surface area contributed by atoms with Gasteiger partial charge >= 0.3 is 12.1 Å². The number of carbonyl (C=O) groups excluding carboxylic acids is 1. The summed E-state index contributed by atoms with van der Waals surface area (Å²) in [6.45, 7) is 3.48. The second-order valence-electron chi connectivity index (χ2n) is 7.15. The van der Waals surface area contributed by atoms with Crippen LogP contribution >= 0.6 is 0 Å². The number of hydrogen-bond acceptors (Lipinski definition) is 4. The predicted octanol–water partition coefficient (Wildman–Crippen LogP) is 3.84. The highest BCUT2D eigenvalue weighted by Crippen LogP contribution is 2.36. The molecule has 0 aliphatic heterocycles. The lowest BCUT2D eigenvalue weighted by atomic mass is 9.95. The number of alkyl halides is 3. The molecular formula is C19H23F3N2O3. The fourth-order valence-electron chi connectivity index (χ4n) is 2.92. The number of nitrogens with zero attached hydrogens (tertiary/aromatic N) is 2. The van der Waals surface area contributed by atoms with E-state index in [1.54, 1.807) is 27.7 Å². The first-order chi connectivity index (χ1) is 13.1. The van der Waals surface area contributed by atoms with Crippen molar-refractivity contribution in [1.82, 2.24) is 9.55 Å². The number of esters is 1. The Hall–Kier alpha value is -2.35. The van der Waals surface area contributed by atoms with Crippen molar-refractivity contribution in [3.05, 3.63) is 52.1 Å². The first-order valence-corrected chi connectivity index (χ1v) is 8.17. The minimum Gasteiger partial charge on any atom is -0.464 e. The Bertz CT molecular complexity index is 926. The standard InChI is InChI=1S/C19H23F3N2O3/c1-11-15(16(26)27-5)23-17(18(2,3)4)24(11)9-12-7-6-8-13(10-25)14(12)19(20,21)22/h6-8,25H,9-10H2,1-5H3/i10D2. The smallest absolute Gasteiger partial charge is 0.417 e. The average molecular weight is 386 g/mol. The van der Waals surface area contributed by atoms with Crippen LogP contribution in [0.2, 0.25) is 0 Å². The lowest BCUT2D eigenvalue weighted by Crippen LogP contribution is -2.22. The van der Waals surface area contributed by atoms with E-state index >= 15 is 0 Å². The minimum absolute atomic E-state index is 0.000346. The van der Waals surface area contributed by atoms with Crippen molar-refractivity contribution in [3.8, 4) is 0 Å². The van der Waals surface area contributed by atoms with Crippen LogP contribution < -0.4 is 0 Å². The molecule has 0 radical (unpaired) electrons. The molecule has 8 heteroatoms. The number of imidazole rings is 1. The SMILES string of the molecule is [2H]C([2H])(O)c1cccc(Cn2c(C(C)(C)C)nc(C(=O)OC)c2C)c1C(F)(F)F. The highest BCUT2D eigenvalue weighted by Gasteiger charge is 2.36. The molecule has 0 spiro atoms. The molecule has 2 rings (SSSR count).